The lowest BCUT2D eigenvalue weighted by Gasteiger charge is -1.98. The van der Waals surface area contributed by atoms with Gasteiger partial charge in [-0.1, -0.05) is 31.9 Å². The summed E-state index contributed by atoms with van der Waals surface area (Å²) in [7, 11) is 0. The van der Waals surface area contributed by atoms with Crippen LogP contribution in [0.4, 0.5) is 0 Å². The summed E-state index contributed by atoms with van der Waals surface area (Å²) in [6.07, 6.45) is 0. The van der Waals surface area contributed by atoms with E-state index < -0.39 is 12.6 Å². The lowest BCUT2D eigenvalue weighted by atomic mass is 10.2. The predicted molar refractivity (Wildman–Crippen MR) is 72.4 cm³/mol. The fraction of sp³-hybridized carbons (Fsp3) is 0.182. The fourth-order valence-electron chi connectivity index (χ4n) is 1.33. The van der Waals surface area contributed by atoms with E-state index in [1.54, 1.807) is 0 Å². The molecule has 0 spiro atoms. The van der Waals surface area contributed by atoms with Gasteiger partial charge in [0, 0.05) is 14.5 Å². The van der Waals surface area contributed by atoms with Crippen LogP contribution < -0.4 is 0 Å². The summed E-state index contributed by atoms with van der Waals surface area (Å²) in [5.74, 6) is -0.473. The maximum Gasteiger partial charge on any atom is 0.329 e. The number of hydrogen-bond donors (Lipinski definition) is 1. The average Bonchev–Trinajstić information content (AvgIpc) is 2.76. The number of rotatable bonds is 5. The summed E-state index contributed by atoms with van der Waals surface area (Å²) in [6, 6.07) is 5.55. The van der Waals surface area contributed by atoms with Crippen molar-refractivity contribution in [2.24, 2.45) is 0 Å². The SMILES string of the molecule is O=C(O)COCc1nnc(-c2cc(Br)cc(Br)c2)o1. The molecule has 0 unspecified atom stereocenters. The van der Waals surface area contributed by atoms with E-state index in [2.05, 4.69) is 42.1 Å². The van der Waals surface area contributed by atoms with Gasteiger partial charge in [-0.15, -0.1) is 10.2 Å². The van der Waals surface area contributed by atoms with Gasteiger partial charge in [0.2, 0.25) is 11.8 Å². The van der Waals surface area contributed by atoms with Crippen molar-refractivity contribution < 1.29 is 19.1 Å². The second-order valence-electron chi connectivity index (χ2n) is 3.55. The fourth-order valence-corrected chi connectivity index (χ4v) is 2.63. The second kappa shape index (κ2) is 6.27. The van der Waals surface area contributed by atoms with Crippen molar-refractivity contribution in [2.75, 3.05) is 6.61 Å². The van der Waals surface area contributed by atoms with Crippen LogP contribution >= 0.6 is 31.9 Å². The normalized spacial score (nSPS) is 10.6. The van der Waals surface area contributed by atoms with Gasteiger partial charge in [-0.3, -0.25) is 0 Å². The molecule has 1 aromatic carbocycles. The molecule has 0 radical (unpaired) electrons. The van der Waals surface area contributed by atoms with Gasteiger partial charge in [0.15, 0.2) is 0 Å². The molecule has 6 nitrogen and oxygen atoms in total. The molecule has 2 rings (SSSR count). The topological polar surface area (TPSA) is 85.5 Å². The zero-order valence-corrected chi connectivity index (χ0v) is 12.6. The van der Waals surface area contributed by atoms with Gasteiger partial charge in [0.05, 0.1) is 0 Å². The molecule has 0 bridgehead atoms. The summed E-state index contributed by atoms with van der Waals surface area (Å²) in [4.78, 5) is 10.3. The number of benzene rings is 1. The van der Waals surface area contributed by atoms with Gasteiger partial charge in [-0.2, -0.15) is 0 Å². The highest BCUT2D eigenvalue weighted by Gasteiger charge is 2.10. The molecule has 0 atom stereocenters. The van der Waals surface area contributed by atoms with Crippen LogP contribution in [0.3, 0.4) is 0 Å². The lowest BCUT2D eigenvalue weighted by molar-refractivity contribution is -0.142. The van der Waals surface area contributed by atoms with Crippen LogP contribution in [0.15, 0.2) is 31.6 Å². The molecule has 100 valence electrons. The molecule has 1 aromatic heterocycles. The summed E-state index contributed by atoms with van der Waals surface area (Å²) in [5, 5.41) is 16.1. The molecular formula is C11H8Br2N2O4. The first-order valence-corrected chi connectivity index (χ1v) is 6.71. The highest BCUT2D eigenvalue weighted by Crippen LogP contribution is 2.26. The summed E-state index contributed by atoms with van der Waals surface area (Å²) >= 11 is 6.73. The summed E-state index contributed by atoms with van der Waals surface area (Å²) in [5.41, 5.74) is 0.748. The standard InChI is InChI=1S/C11H8Br2N2O4/c12-7-1-6(2-8(13)3-7)11-15-14-9(19-11)4-18-5-10(16)17/h1-3H,4-5H2,(H,16,17). The quantitative estimate of drug-likeness (QED) is 0.843. The molecule has 0 amide bonds. The Morgan fingerprint density at radius 2 is 1.95 bits per heavy atom. The van der Waals surface area contributed by atoms with Crippen LogP contribution in [0.1, 0.15) is 5.89 Å². The van der Waals surface area contributed by atoms with Crippen molar-refractivity contribution >= 4 is 37.8 Å². The lowest BCUT2D eigenvalue weighted by Crippen LogP contribution is -2.06. The highest BCUT2D eigenvalue weighted by atomic mass is 79.9. The van der Waals surface area contributed by atoms with E-state index in [1.165, 1.54) is 0 Å². The molecule has 19 heavy (non-hydrogen) atoms. The number of aromatic nitrogens is 2. The van der Waals surface area contributed by atoms with Crippen molar-refractivity contribution in [3.8, 4) is 11.5 Å². The number of carboxylic acids is 1. The minimum Gasteiger partial charge on any atom is -0.480 e. The molecular weight excluding hydrogens is 384 g/mol. The largest absolute Gasteiger partial charge is 0.480 e. The third-order valence-electron chi connectivity index (χ3n) is 2.03. The number of hydrogen-bond acceptors (Lipinski definition) is 5. The number of nitrogens with zero attached hydrogens (tertiary/aromatic N) is 2. The van der Waals surface area contributed by atoms with Crippen molar-refractivity contribution in [3.63, 3.8) is 0 Å². The Kier molecular flexibility index (Phi) is 4.67. The highest BCUT2D eigenvalue weighted by molar-refractivity contribution is 9.11. The molecule has 1 heterocycles. The molecule has 0 aliphatic rings. The van der Waals surface area contributed by atoms with Gasteiger partial charge < -0.3 is 14.3 Å². The van der Waals surface area contributed by atoms with Crippen LogP contribution in [0.2, 0.25) is 0 Å². The molecule has 1 N–H and O–H groups in total. The Bertz CT molecular complexity index is 580. The summed E-state index contributed by atoms with van der Waals surface area (Å²) < 4.78 is 12.0. The molecule has 0 aliphatic carbocycles. The zero-order chi connectivity index (χ0) is 13.8. The number of aliphatic carboxylic acids is 1. The first-order valence-electron chi connectivity index (χ1n) is 5.13. The maximum absolute atomic E-state index is 10.3. The minimum atomic E-state index is -1.05. The first kappa shape index (κ1) is 14.2. The zero-order valence-electron chi connectivity index (χ0n) is 9.47. The average molecular weight is 392 g/mol. The minimum absolute atomic E-state index is 0.0333. The van der Waals surface area contributed by atoms with E-state index in [1.807, 2.05) is 18.2 Å². The monoisotopic (exact) mass is 390 g/mol. The van der Waals surface area contributed by atoms with E-state index in [4.69, 9.17) is 14.3 Å². The van der Waals surface area contributed by atoms with Gasteiger partial charge in [-0.05, 0) is 18.2 Å². The Hall–Kier alpha value is -1.25. The third kappa shape index (κ3) is 4.12. The van der Waals surface area contributed by atoms with Gasteiger partial charge in [0.1, 0.15) is 13.2 Å². The molecule has 0 saturated carbocycles. The second-order valence-corrected chi connectivity index (χ2v) is 5.38. The van der Waals surface area contributed by atoms with Crippen LogP contribution in [0.5, 0.6) is 0 Å². The smallest absolute Gasteiger partial charge is 0.329 e. The van der Waals surface area contributed by atoms with E-state index in [0.29, 0.717) is 5.89 Å². The van der Waals surface area contributed by atoms with Crippen LogP contribution in [-0.2, 0) is 16.1 Å². The Morgan fingerprint density at radius 3 is 2.58 bits per heavy atom. The van der Waals surface area contributed by atoms with Gasteiger partial charge >= 0.3 is 5.97 Å². The summed E-state index contributed by atoms with van der Waals surface area (Å²) in [6.45, 7) is -0.436. The molecule has 2 aromatic rings. The van der Waals surface area contributed by atoms with Gasteiger partial charge in [-0.25, -0.2) is 4.79 Å². The number of carbonyl (C=O) groups is 1. The van der Waals surface area contributed by atoms with Crippen molar-refractivity contribution in [2.45, 2.75) is 6.61 Å². The molecule has 0 saturated heterocycles. The van der Waals surface area contributed by atoms with E-state index in [0.717, 1.165) is 14.5 Å². The van der Waals surface area contributed by atoms with E-state index >= 15 is 0 Å². The number of ether oxygens (including phenoxy) is 1. The van der Waals surface area contributed by atoms with Crippen molar-refractivity contribution in [1.29, 1.82) is 0 Å². The first-order chi connectivity index (χ1) is 9.04. The Morgan fingerprint density at radius 1 is 1.26 bits per heavy atom. The van der Waals surface area contributed by atoms with Gasteiger partial charge in [0.25, 0.3) is 0 Å². The van der Waals surface area contributed by atoms with Crippen LogP contribution in [0.25, 0.3) is 11.5 Å². The molecule has 8 heteroatoms. The van der Waals surface area contributed by atoms with E-state index in [-0.39, 0.29) is 12.5 Å². The third-order valence-corrected chi connectivity index (χ3v) is 2.94. The maximum atomic E-state index is 10.3. The Balaban J connectivity index is 2.09. The number of carboxylic acid groups (broad SMARTS) is 1. The molecule has 0 fully saturated rings. The predicted octanol–water partition coefficient (Wildman–Crippen LogP) is 2.86. The molecule has 0 aliphatic heterocycles. The number of halogens is 2. The van der Waals surface area contributed by atoms with Crippen molar-refractivity contribution in [3.05, 3.63) is 33.0 Å². The van der Waals surface area contributed by atoms with E-state index in [9.17, 15) is 4.79 Å². The van der Waals surface area contributed by atoms with Crippen LogP contribution in [-0.4, -0.2) is 27.9 Å². The Labute approximate surface area is 125 Å². The van der Waals surface area contributed by atoms with Crippen LogP contribution in [0, 0.1) is 0 Å². The van der Waals surface area contributed by atoms with Crippen molar-refractivity contribution in [1.82, 2.24) is 10.2 Å².